The van der Waals surface area contributed by atoms with Gasteiger partial charge in [-0.1, -0.05) is 0 Å². The minimum atomic E-state index is -0.735. The van der Waals surface area contributed by atoms with Crippen molar-refractivity contribution in [1.29, 1.82) is 10.7 Å². The lowest BCUT2D eigenvalue weighted by Crippen LogP contribution is -2.66. The highest BCUT2D eigenvalue weighted by Gasteiger charge is 2.64. The molecule has 4 bridgehead atoms. The molecule has 6 rings (SSSR count). The Balaban J connectivity index is 1.27. The van der Waals surface area contributed by atoms with Gasteiger partial charge in [-0.3, -0.25) is 15.0 Å². The molecule has 2 unspecified atom stereocenters. The van der Waals surface area contributed by atoms with Gasteiger partial charge in [-0.05, 0) is 87.4 Å². The molecule has 0 radical (unpaired) electrons. The molecule has 6 fully saturated rings. The molecular formula is C24H37N7O3. The van der Waals surface area contributed by atoms with E-state index in [1.807, 2.05) is 0 Å². The number of esters is 1. The van der Waals surface area contributed by atoms with Gasteiger partial charge in [-0.25, -0.2) is 0 Å². The Kier molecular flexibility index (Phi) is 5.76. The third-order valence-electron chi connectivity index (χ3n) is 9.11. The van der Waals surface area contributed by atoms with Gasteiger partial charge in [0.2, 0.25) is 5.91 Å². The topological polar surface area (TPSA) is 184 Å². The zero-order valence-corrected chi connectivity index (χ0v) is 19.7. The highest BCUT2D eigenvalue weighted by molar-refractivity contribution is 5.84. The number of nitriles is 1. The molecule has 0 aromatic rings. The molecule has 6 aliphatic rings. The molecule has 0 aromatic heterocycles. The SMILES string of the molecule is N#C[C@@H]1C[C@@H]2C[C@@H]2N1C(=O)[C@@H](N)C12CC3CC(CC(OC(=O)[C@@H](N)CCCNC(=N)N)(C3)C1)C2. The van der Waals surface area contributed by atoms with Crippen molar-refractivity contribution in [2.24, 2.45) is 40.4 Å². The van der Waals surface area contributed by atoms with Crippen LogP contribution in [0, 0.1) is 39.9 Å². The molecule has 5 saturated carbocycles. The van der Waals surface area contributed by atoms with Gasteiger partial charge in [0.05, 0.1) is 12.1 Å². The highest BCUT2D eigenvalue weighted by atomic mass is 16.6. The number of carbonyl (C=O) groups excluding carboxylic acids is 2. The van der Waals surface area contributed by atoms with Gasteiger partial charge in [-0.2, -0.15) is 5.26 Å². The monoisotopic (exact) mass is 471 g/mol. The van der Waals surface area contributed by atoms with E-state index in [1.54, 1.807) is 4.90 Å². The number of amides is 1. The van der Waals surface area contributed by atoms with E-state index >= 15 is 0 Å². The fourth-order valence-corrected chi connectivity index (χ4v) is 7.99. The third kappa shape index (κ3) is 4.03. The van der Waals surface area contributed by atoms with E-state index in [-0.39, 0.29) is 29.4 Å². The molecule has 1 aliphatic heterocycles. The van der Waals surface area contributed by atoms with Gasteiger partial charge in [0.1, 0.15) is 17.7 Å². The van der Waals surface area contributed by atoms with Gasteiger partial charge >= 0.3 is 5.97 Å². The lowest BCUT2D eigenvalue weighted by molar-refractivity contribution is -0.207. The van der Waals surface area contributed by atoms with Crippen LogP contribution in [-0.2, 0) is 14.3 Å². The van der Waals surface area contributed by atoms with Crippen LogP contribution >= 0.6 is 0 Å². The molecule has 5 aliphatic carbocycles. The zero-order chi connectivity index (χ0) is 24.3. The van der Waals surface area contributed by atoms with Crippen LogP contribution in [0.15, 0.2) is 0 Å². The van der Waals surface area contributed by atoms with Crippen LogP contribution in [0.25, 0.3) is 0 Å². The number of rotatable bonds is 8. The van der Waals surface area contributed by atoms with Crippen LogP contribution in [0.1, 0.15) is 64.2 Å². The van der Waals surface area contributed by atoms with E-state index in [9.17, 15) is 14.9 Å². The predicted molar refractivity (Wildman–Crippen MR) is 124 cm³/mol. The van der Waals surface area contributed by atoms with E-state index in [1.165, 1.54) is 0 Å². The van der Waals surface area contributed by atoms with E-state index < -0.39 is 23.7 Å². The number of nitrogens with one attached hydrogen (secondary N) is 2. The Morgan fingerprint density at radius 1 is 1.18 bits per heavy atom. The van der Waals surface area contributed by atoms with Gasteiger partial charge in [-0.15, -0.1) is 0 Å². The Morgan fingerprint density at radius 2 is 1.88 bits per heavy atom. The molecule has 1 saturated heterocycles. The van der Waals surface area contributed by atoms with Crippen molar-refractivity contribution in [1.82, 2.24) is 10.2 Å². The summed E-state index contributed by atoms with van der Waals surface area (Å²) in [7, 11) is 0. The number of likely N-dealkylation sites (tertiary alicyclic amines) is 1. The molecule has 186 valence electrons. The summed E-state index contributed by atoms with van der Waals surface area (Å²) >= 11 is 0. The molecule has 34 heavy (non-hydrogen) atoms. The molecule has 10 nitrogen and oxygen atoms in total. The summed E-state index contributed by atoms with van der Waals surface area (Å²) in [6, 6.07) is 0.714. The summed E-state index contributed by atoms with van der Waals surface area (Å²) in [4.78, 5) is 28.3. The van der Waals surface area contributed by atoms with Crippen molar-refractivity contribution in [2.45, 2.75) is 94.0 Å². The van der Waals surface area contributed by atoms with E-state index in [0.717, 1.165) is 44.9 Å². The number of carbonyl (C=O) groups is 2. The largest absolute Gasteiger partial charge is 0.458 e. The quantitative estimate of drug-likeness (QED) is 0.145. The molecule has 8 N–H and O–H groups in total. The second-order valence-electron chi connectivity index (χ2n) is 11.7. The van der Waals surface area contributed by atoms with Crippen molar-refractivity contribution in [2.75, 3.05) is 6.54 Å². The summed E-state index contributed by atoms with van der Waals surface area (Å²) in [6.07, 6.45) is 7.89. The number of nitrogens with two attached hydrogens (primary N) is 3. The number of guanidine groups is 1. The first-order chi connectivity index (χ1) is 16.2. The molecule has 1 amide bonds. The second kappa shape index (κ2) is 8.38. The number of ether oxygens (including phenoxy) is 1. The minimum absolute atomic E-state index is 0.0883. The predicted octanol–water partition coefficient (Wildman–Crippen LogP) is 0.299. The van der Waals surface area contributed by atoms with Crippen LogP contribution in [0.2, 0.25) is 0 Å². The molecule has 0 spiro atoms. The fourth-order valence-electron chi connectivity index (χ4n) is 7.99. The number of piperidine rings is 1. The lowest BCUT2D eigenvalue weighted by atomic mass is 9.46. The maximum atomic E-state index is 13.6. The first kappa shape index (κ1) is 23.4. The van der Waals surface area contributed by atoms with Crippen molar-refractivity contribution in [3.63, 3.8) is 0 Å². The van der Waals surface area contributed by atoms with Crippen molar-refractivity contribution >= 4 is 17.8 Å². The maximum absolute atomic E-state index is 13.6. The van der Waals surface area contributed by atoms with Crippen molar-refractivity contribution in [3.05, 3.63) is 0 Å². The lowest BCUT2D eigenvalue weighted by Gasteiger charge is -2.62. The number of nitrogens with zero attached hydrogens (tertiary/aromatic N) is 2. The van der Waals surface area contributed by atoms with E-state index in [2.05, 4.69) is 11.4 Å². The van der Waals surface area contributed by atoms with Gasteiger partial charge in [0.15, 0.2) is 5.96 Å². The fraction of sp³-hybridized carbons (Fsp3) is 0.833. The average Bonchev–Trinajstić information content (AvgIpc) is 3.43. The minimum Gasteiger partial charge on any atom is -0.458 e. The van der Waals surface area contributed by atoms with Crippen LogP contribution in [0.4, 0.5) is 0 Å². The Hall–Kier alpha value is -2.38. The van der Waals surface area contributed by atoms with Crippen LogP contribution in [0.5, 0.6) is 0 Å². The zero-order valence-electron chi connectivity index (χ0n) is 19.7. The summed E-state index contributed by atoms with van der Waals surface area (Å²) in [5.74, 6) is 0.648. The van der Waals surface area contributed by atoms with E-state index in [4.69, 9.17) is 27.3 Å². The Bertz CT molecular complexity index is 903. The summed E-state index contributed by atoms with van der Waals surface area (Å²) < 4.78 is 6.16. The van der Waals surface area contributed by atoms with Gasteiger partial charge in [0.25, 0.3) is 0 Å². The molecular weight excluding hydrogens is 434 g/mol. The molecule has 7 atom stereocenters. The second-order valence-corrected chi connectivity index (χ2v) is 11.7. The Morgan fingerprint density at radius 3 is 2.53 bits per heavy atom. The molecule has 1 heterocycles. The van der Waals surface area contributed by atoms with Crippen LogP contribution in [0.3, 0.4) is 0 Å². The maximum Gasteiger partial charge on any atom is 0.323 e. The Labute approximate surface area is 200 Å². The van der Waals surface area contributed by atoms with Crippen LogP contribution < -0.4 is 22.5 Å². The van der Waals surface area contributed by atoms with Crippen LogP contribution in [-0.4, -0.2) is 59.0 Å². The smallest absolute Gasteiger partial charge is 0.323 e. The number of fused-ring (bicyclic) bond motifs is 1. The normalized spacial score (nSPS) is 40.7. The molecule has 10 heteroatoms. The average molecular weight is 472 g/mol. The van der Waals surface area contributed by atoms with Gasteiger partial charge in [0, 0.05) is 12.6 Å². The summed E-state index contributed by atoms with van der Waals surface area (Å²) in [5, 5.41) is 19.5. The molecule has 0 aromatic carbocycles. The first-order valence-electron chi connectivity index (χ1n) is 12.7. The standard InChI is InChI=1S/C24H37N7O3/c25-11-16-5-15-6-18(15)31(16)20(32)19(27)23-7-13-4-14(8-23)10-24(9-13,12-23)34-21(33)17(26)2-1-3-30-22(28)29/h13-19H,1-10,12,26-27H2,(H4,28,29,30)/t13?,14?,15-,16+,17+,18+,19-,23?,24?/m1/s1. The first-order valence-corrected chi connectivity index (χ1v) is 12.7. The number of hydrogen-bond acceptors (Lipinski definition) is 7. The van der Waals surface area contributed by atoms with Gasteiger partial charge < -0.3 is 32.2 Å². The summed E-state index contributed by atoms with van der Waals surface area (Å²) in [6.45, 7) is 0.480. The number of hydrogen-bond donors (Lipinski definition) is 5. The highest BCUT2D eigenvalue weighted by Crippen LogP contribution is 2.64. The van der Waals surface area contributed by atoms with Crippen molar-refractivity contribution < 1.29 is 14.3 Å². The summed E-state index contributed by atoms with van der Waals surface area (Å²) in [5.41, 5.74) is 17.2. The van der Waals surface area contributed by atoms with Crippen molar-refractivity contribution in [3.8, 4) is 6.07 Å². The third-order valence-corrected chi connectivity index (χ3v) is 9.11. The van der Waals surface area contributed by atoms with E-state index in [0.29, 0.717) is 43.6 Å².